The van der Waals surface area contributed by atoms with E-state index in [1.165, 1.54) is 13.0 Å². The Morgan fingerprint density at radius 3 is 2.56 bits per heavy atom. The van der Waals surface area contributed by atoms with Crippen LogP contribution in [0.15, 0.2) is 53.5 Å². The molecule has 234 valence electrons. The zero-order valence-corrected chi connectivity index (χ0v) is 24.0. The number of fused-ring (bicyclic) bond motifs is 1. The van der Waals surface area contributed by atoms with Gasteiger partial charge in [-0.3, -0.25) is 13.9 Å². The molecule has 0 amide bonds. The van der Waals surface area contributed by atoms with Crippen LogP contribution >= 0.6 is 7.75 Å². The van der Waals surface area contributed by atoms with Crippen LogP contribution in [-0.4, -0.2) is 68.7 Å². The molecule has 13 nitrogen and oxygen atoms in total. The molecule has 17 heteroatoms. The van der Waals surface area contributed by atoms with E-state index in [0.29, 0.717) is 21.5 Å². The predicted molar refractivity (Wildman–Crippen MR) is 146 cm³/mol. The number of hydrogen-bond donors (Lipinski definition) is 4. The number of nitrogens with zero attached hydrogens (tertiary/aromatic N) is 2. The van der Waals surface area contributed by atoms with Crippen LogP contribution in [0.25, 0.3) is 10.8 Å². The van der Waals surface area contributed by atoms with Crippen molar-refractivity contribution in [3.63, 3.8) is 0 Å². The molecule has 4 rings (SSSR count). The number of benzene rings is 2. The highest BCUT2D eigenvalue weighted by Crippen LogP contribution is 2.50. The molecule has 6 atom stereocenters. The van der Waals surface area contributed by atoms with E-state index in [2.05, 4.69) is 10.1 Å². The number of nitrogens with one attached hydrogen (secondary N) is 1. The highest BCUT2D eigenvalue weighted by Gasteiger charge is 2.61. The molecule has 1 aliphatic heterocycles. The number of ether oxygens (including phenoxy) is 2. The van der Waals surface area contributed by atoms with Gasteiger partial charge in [-0.25, -0.2) is 22.5 Å². The number of esters is 1. The van der Waals surface area contributed by atoms with E-state index in [9.17, 15) is 37.5 Å². The Kier molecular flexibility index (Phi) is 9.49. The van der Waals surface area contributed by atoms with E-state index >= 15 is 0 Å². The quantitative estimate of drug-likeness (QED) is 0.180. The number of rotatable bonds is 11. The van der Waals surface area contributed by atoms with Crippen molar-refractivity contribution >= 4 is 30.3 Å². The van der Waals surface area contributed by atoms with Crippen molar-refractivity contribution in [2.24, 2.45) is 0 Å². The van der Waals surface area contributed by atoms with Gasteiger partial charge in [0.2, 0.25) is 0 Å². The van der Waals surface area contributed by atoms with Crippen LogP contribution in [-0.2, 0) is 23.4 Å². The minimum Gasteiger partial charge on any atom is -0.462 e. The van der Waals surface area contributed by atoms with Crippen molar-refractivity contribution in [1.82, 2.24) is 14.6 Å². The molecule has 5 N–H and O–H groups in total. The van der Waals surface area contributed by atoms with Crippen LogP contribution in [0.4, 0.5) is 19.0 Å². The lowest BCUT2D eigenvalue weighted by Gasteiger charge is -2.32. The van der Waals surface area contributed by atoms with Gasteiger partial charge < -0.3 is 29.9 Å². The van der Waals surface area contributed by atoms with Gasteiger partial charge in [-0.2, -0.15) is 10.1 Å². The first-order valence-corrected chi connectivity index (χ1v) is 14.5. The average molecular weight is 631 g/mol. The third-order valence-electron chi connectivity index (χ3n) is 6.52. The maximum atomic E-state index is 14.6. The average Bonchev–Trinajstić information content (AvgIpc) is 3.20. The molecule has 43 heavy (non-hydrogen) atoms. The predicted octanol–water partition coefficient (Wildman–Crippen LogP) is 2.51. The Morgan fingerprint density at radius 2 is 1.88 bits per heavy atom. The molecule has 0 saturated carbocycles. The highest BCUT2D eigenvalue weighted by atomic mass is 31.2. The molecular weight excluding hydrogens is 600 g/mol. The van der Waals surface area contributed by atoms with Crippen LogP contribution in [0, 0.1) is 5.82 Å². The number of carbonyl (C=O) groups excluding carboxylic acids is 1. The standard InChI is InChI=1S/C26H30F3N4O9P/c1-13(2)40-23(36)14(3)32-43(38,42-18-10-6-8-15-7-4-5-9-16(15)18)39-12-26(24(28)29)20(35)19(34)22(41-26)33-11-17(27)21(30)31-25(33)37/h4-11,13-14,19-20,22,24,34-35H,12H2,1-3H3,(H,32,38)(H2,30,31,37). The lowest BCUT2D eigenvalue weighted by Crippen LogP contribution is -2.53. The number of aromatic nitrogens is 2. The normalized spacial score (nSPS) is 24.3. The highest BCUT2D eigenvalue weighted by molar-refractivity contribution is 7.52. The maximum absolute atomic E-state index is 14.6. The minimum absolute atomic E-state index is 0.00904. The first kappa shape index (κ1) is 32.4. The van der Waals surface area contributed by atoms with Crippen LogP contribution < -0.4 is 21.0 Å². The summed E-state index contributed by atoms with van der Waals surface area (Å²) >= 11 is 0. The molecule has 0 spiro atoms. The van der Waals surface area contributed by atoms with Gasteiger partial charge in [0.25, 0.3) is 6.43 Å². The lowest BCUT2D eigenvalue weighted by molar-refractivity contribution is -0.193. The summed E-state index contributed by atoms with van der Waals surface area (Å²) in [4.78, 5) is 28.0. The molecule has 6 unspecified atom stereocenters. The summed E-state index contributed by atoms with van der Waals surface area (Å²) in [6.07, 6.45) is -10.5. The van der Waals surface area contributed by atoms with Crippen molar-refractivity contribution in [3.8, 4) is 5.75 Å². The second-order valence-electron chi connectivity index (χ2n) is 10.0. The third-order valence-corrected chi connectivity index (χ3v) is 8.13. The number of hydrogen-bond acceptors (Lipinski definition) is 11. The first-order chi connectivity index (χ1) is 20.2. The summed E-state index contributed by atoms with van der Waals surface area (Å²) in [6, 6.07) is 10.2. The summed E-state index contributed by atoms with van der Waals surface area (Å²) in [5.74, 6) is -2.89. The Morgan fingerprint density at radius 1 is 1.21 bits per heavy atom. The summed E-state index contributed by atoms with van der Waals surface area (Å²) in [7, 11) is -4.81. The Hall–Kier alpha value is -3.53. The van der Waals surface area contributed by atoms with Crippen molar-refractivity contribution in [3.05, 3.63) is 65.0 Å². The fourth-order valence-corrected chi connectivity index (χ4v) is 5.89. The molecule has 2 aromatic carbocycles. The van der Waals surface area contributed by atoms with E-state index < -0.39 is 80.3 Å². The molecule has 1 saturated heterocycles. The van der Waals surface area contributed by atoms with E-state index in [1.54, 1.807) is 50.2 Å². The van der Waals surface area contributed by atoms with Crippen LogP contribution in [0.3, 0.4) is 0 Å². The van der Waals surface area contributed by atoms with Gasteiger partial charge in [0.15, 0.2) is 23.5 Å². The Bertz CT molecular complexity index is 1590. The number of carbonyl (C=O) groups is 1. The number of nitrogens with two attached hydrogens (primary N) is 1. The summed E-state index contributed by atoms with van der Waals surface area (Å²) in [6.45, 7) is 3.02. The molecule has 1 aliphatic rings. The molecule has 3 aromatic rings. The van der Waals surface area contributed by atoms with Gasteiger partial charge in [-0.05, 0) is 32.2 Å². The number of nitrogen functional groups attached to an aromatic ring is 1. The number of aliphatic hydroxyl groups excluding tert-OH is 2. The van der Waals surface area contributed by atoms with Gasteiger partial charge in [-0.1, -0.05) is 36.4 Å². The maximum Gasteiger partial charge on any atom is 0.459 e. The smallest absolute Gasteiger partial charge is 0.459 e. The summed E-state index contributed by atoms with van der Waals surface area (Å²) in [5, 5.41) is 24.8. The van der Waals surface area contributed by atoms with Crippen LogP contribution in [0.2, 0.25) is 0 Å². The second-order valence-corrected chi connectivity index (χ2v) is 11.7. The van der Waals surface area contributed by atoms with Crippen LogP contribution in [0.5, 0.6) is 5.75 Å². The topological polar surface area (TPSA) is 184 Å². The fraction of sp³-hybridized carbons (Fsp3) is 0.423. The van der Waals surface area contributed by atoms with Gasteiger partial charge >= 0.3 is 19.4 Å². The number of aliphatic hydroxyl groups is 2. The zero-order chi connectivity index (χ0) is 31.7. The van der Waals surface area contributed by atoms with E-state index in [0.717, 1.165) is 0 Å². The van der Waals surface area contributed by atoms with Crippen molar-refractivity contribution < 1.29 is 51.3 Å². The third kappa shape index (κ3) is 6.69. The number of alkyl halides is 2. The monoisotopic (exact) mass is 630 g/mol. The van der Waals surface area contributed by atoms with Crippen LogP contribution in [0.1, 0.15) is 27.0 Å². The van der Waals surface area contributed by atoms with E-state index in [4.69, 9.17) is 24.3 Å². The van der Waals surface area contributed by atoms with Gasteiger partial charge in [0.1, 0.15) is 24.0 Å². The lowest BCUT2D eigenvalue weighted by atomic mass is 9.96. The van der Waals surface area contributed by atoms with Gasteiger partial charge in [-0.15, -0.1) is 0 Å². The van der Waals surface area contributed by atoms with Crippen molar-refractivity contribution in [2.45, 2.75) is 63.4 Å². The van der Waals surface area contributed by atoms with Crippen molar-refractivity contribution in [1.29, 1.82) is 0 Å². The first-order valence-electron chi connectivity index (χ1n) is 12.9. The van der Waals surface area contributed by atoms with Crippen molar-refractivity contribution in [2.75, 3.05) is 12.3 Å². The molecule has 1 aromatic heterocycles. The zero-order valence-electron chi connectivity index (χ0n) is 23.1. The summed E-state index contributed by atoms with van der Waals surface area (Å²) < 4.78 is 79.1. The fourth-order valence-electron chi connectivity index (χ4n) is 4.34. The largest absolute Gasteiger partial charge is 0.462 e. The minimum atomic E-state index is -4.81. The molecule has 0 bridgehead atoms. The molecule has 0 radical (unpaired) electrons. The molecule has 2 heterocycles. The van der Waals surface area contributed by atoms with Gasteiger partial charge in [0.05, 0.1) is 18.9 Å². The van der Waals surface area contributed by atoms with Gasteiger partial charge in [0, 0.05) is 5.39 Å². The molecule has 0 aliphatic carbocycles. The number of anilines is 1. The second kappa shape index (κ2) is 12.6. The molecule has 1 fully saturated rings. The Labute approximate surface area is 242 Å². The number of halogens is 3. The van der Waals surface area contributed by atoms with E-state index in [1.807, 2.05) is 0 Å². The SMILES string of the molecule is CC(C)OC(=O)C(C)NP(=O)(OCC1(C(F)F)OC(n2cc(F)c(N)nc2=O)C(O)C1O)Oc1cccc2ccccc12. The Balaban J connectivity index is 1.69. The molecular formula is C26H30F3N4O9P. The summed E-state index contributed by atoms with van der Waals surface area (Å²) in [5.41, 5.74) is 0.860. The van der Waals surface area contributed by atoms with E-state index in [-0.39, 0.29) is 5.75 Å².